The molecule has 0 atom stereocenters. The van der Waals surface area contributed by atoms with Gasteiger partial charge >= 0.3 is 6.09 Å². The number of pyridine rings is 1. The first-order valence-corrected chi connectivity index (χ1v) is 6.41. The molecule has 0 aliphatic rings. The summed E-state index contributed by atoms with van der Waals surface area (Å²) in [5.41, 5.74) is 0.364. The van der Waals surface area contributed by atoms with Crippen molar-refractivity contribution in [2.24, 2.45) is 0 Å². The van der Waals surface area contributed by atoms with Crippen molar-refractivity contribution in [3.05, 3.63) is 17.8 Å². The number of amides is 2. The lowest BCUT2D eigenvalue weighted by molar-refractivity contribution is -0.114. The Bertz CT molecular complexity index is 607. The van der Waals surface area contributed by atoms with E-state index in [0.29, 0.717) is 17.1 Å². The summed E-state index contributed by atoms with van der Waals surface area (Å²) in [5, 5.41) is 5.16. The fraction of sp³-hybridized carbons (Fsp3) is 0.400. The van der Waals surface area contributed by atoms with Crippen LogP contribution in [0.25, 0.3) is 0 Å². The van der Waals surface area contributed by atoms with Gasteiger partial charge in [-0.1, -0.05) is 5.92 Å². The molecule has 2 amide bonds. The van der Waals surface area contributed by atoms with Crippen LogP contribution in [0.1, 0.15) is 40.2 Å². The summed E-state index contributed by atoms with van der Waals surface area (Å²) in [6.07, 6.45) is 0.885. The Morgan fingerprint density at radius 3 is 2.48 bits per heavy atom. The van der Waals surface area contributed by atoms with Crippen LogP contribution >= 0.6 is 0 Å². The molecule has 1 aromatic rings. The topological polar surface area (TPSA) is 80.3 Å². The van der Waals surface area contributed by atoms with Crippen LogP contribution in [0.15, 0.2) is 12.3 Å². The molecule has 6 nitrogen and oxygen atoms in total. The minimum Gasteiger partial charge on any atom is -0.444 e. The second-order valence-corrected chi connectivity index (χ2v) is 5.30. The van der Waals surface area contributed by atoms with Crippen LogP contribution in [-0.2, 0) is 9.53 Å². The Morgan fingerprint density at radius 1 is 1.29 bits per heavy atom. The number of aromatic nitrogens is 1. The molecule has 0 aliphatic heterocycles. The molecule has 2 N–H and O–H groups in total. The van der Waals surface area contributed by atoms with E-state index in [1.807, 2.05) is 0 Å². The number of rotatable bonds is 2. The zero-order valence-electron chi connectivity index (χ0n) is 12.8. The van der Waals surface area contributed by atoms with Gasteiger partial charge in [-0.05, 0) is 27.7 Å². The first-order valence-electron chi connectivity index (χ1n) is 6.41. The standard InChI is InChI=1S/C15H19N3O3/c1-6-7-11-9-16-13(17-10(2)19)8-12(11)18-14(20)21-15(3,4)5/h8-9H,1-5H3,(H2,16,17,18,19,20). The average molecular weight is 289 g/mol. The van der Waals surface area contributed by atoms with E-state index in [2.05, 4.69) is 27.5 Å². The SMILES string of the molecule is CC#Cc1cnc(NC(C)=O)cc1NC(=O)OC(C)(C)C. The Balaban J connectivity index is 3.02. The molecule has 0 bridgehead atoms. The molecule has 112 valence electrons. The molecule has 0 aliphatic carbocycles. The summed E-state index contributed by atoms with van der Waals surface area (Å²) in [5.74, 6) is 5.64. The molecule has 0 unspecified atom stereocenters. The number of carbonyl (C=O) groups excluding carboxylic acids is 2. The second-order valence-electron chi connectivity index (χ2n) is 5.30. The Morgan fingerprint density at radius 2 is 1.95 bits per heavy atom. The Labute approximate surface area is 124 Å². The lowest BCUT2D eigenvalue weighted by atomic mass is 10.2. The third-order valence-corrected chi connectivity index (χ3v) is 2.10. The minimum absolute atomic E-state index is 0.250. The minimum atomic E-state index is -0.603. The van der Waals surface area contributed by atoms with Crippen molar-refractivity contribution in [3.8, 4) is 11.8 Å². The highest BCUT2D eigenvalue weighted by molar-refractivity contribution is 5.91. The van der Waals surface area contributed by atoms with Gasteiger partial charge in [-0.15, -0.1) is 5.92 Å². The van der Waals surface area contributed by atoms with E-state index in [1.54, 1.807) is 27.7 Å². The highest BCUT2D eigenvalue weighted by Gasteiger charge is 2.17. The molecule has 21 heavy (non-hydrogen) atoms. The Kier molecular flexibility index (Phi) is 5.30. The van der Waals surface area contributed by atoms with Gasteiger partial charge < -0.3 is 10.1 Å². The maximum atomic E-state index is 11.8. The van der Waals surface area contributed by atoms with Crippen molar-refractivity contribution in [1.82, 2.24) is 4.98 Å². The zero-order valence-corrected chi connectivity index (χ0v) is 12.8. The fourth-order valence-corrected chi connectivity index (χ4v) is 1.46. The third-order valence-electron chi connectivity index (χ3n) is 2.10. The summed E-state index contributed by atoms with van der Waals surface area (Å²) >= 11 is 0. The summed E-state index contributed by atoms with van der Waals surface area (Å²) in [6, 6.07) is 1.53. The van der Waals surface area contributed by atoms with Crippen molar-refractivity contribution in [2.45, 2.75) is 40.2 Å². The first-order chi connectivity index (χ1) is 9.71. The molecule has 0 saturated heterocycles. The summed E-state index contributed by atoms with van der Waals surface area (Å²) in [6.45, 7) is 8.37. The van der Waals surface area contributed by atoms with Gasteiger partial charge in [-0.25, -0.2) is 9.78 Å². The number of anilines is 2. The summed E-state index contributed by atoms with van der Waals surface area (Å²) < 4.78 is 5.19. The van der Waals surface area contributed by atoms with Gasteiger partial charge in [-0.2, -0.15) is 0 Å². The number of hydrogen-bond acceptors (Lipinski definition) is 4. The molecule has 6 heteroatoms. The van der Waals surface area contributed by atoms with Crippen LogP contribution in [0, 0.1) is 11.8 Å². The van der Waals surface area contributed by atoms with E-state index < -0.39 is 11.7 Å². The highest BCUT2D eigenvalue weighted by atomic mass is 16.6. The van der Waals surface area contributed by atoms with Crippen molar-refractivity contribution >= 4 is 23.5 Å². The van der Waals surface area contributed by atoms with E-state index in [4.69, 9.17) is 4.74 Å². The van der Waals surface area contributed by atoms with Crippen LogP contribution in [-0.4, -0.2) is 22.6 Å². The van der Waals surface area contributed by atoms with Crippen molar-refractivity contribution < 1.29 is 14.3 Å². The molecule has 0 spiro atoms. The molecule has 0 aromatic carbocycles. The first kappa shape index (κ1) is 16.5. The van der Waals surface area contributed by atoms with Crippen LogP contribution < -0.4 is 10.6 Å². The fourth-order valence-electron chi connectivity index (χ4n) is 1.46. The van der Waals surface area contributed by atoms with Crippen molar-refractivity contribution in [1.29, 1.82) is 0 Å². The summed E-state index contributed by atoms with van der Waals surface area (Å²) in [4.78, 5) is 26.9. The van der Waals surface area contributed by atoms with Gasteiger partial charge in [0.25, 0.3) is 0 Å². The van der Waals surface area contributed by atoms with Crippen LogP contribution in [0.4, 0.5) is 16.3 Å². The van der Waals surface area contributed by atoms with Crippen LogP contribution in [0.2, 0.25) is 0 Å². The highest BCUT2D eigenvalue weighted by Crippen LogP contribution is 2.19. The second kappa shape index (κ2) is 6.75. The van der Waals surface area contributed by atoms with E-state index in [1.165, 1.54) is 19.2 Å². The summed E-state index contributed by atoms with van der Waals surface area (Å²) in [7, 11) is 0. The number of nitrogens with one attached hydrogen (secondary N) is 2. The van der Waals surface area contributed by atoms with E-state index in [9.17, 15) is 9.59 Å². The van der Waals surface area contributed by atoms with Gasteiger partial charge in [0.2, 0.25) is 5.91 Å². The number of ether oxygens (including phenoxy) is 1. The predicted octanol–water partition coefficient (Wildman–Crippen LogP) is 2.76. The molecule has 1 rings (SSSR count). The van der Waals surface area contributed by atoms with Gasteiger partial charge in [0.15, 0.2) is 0 Å². The number of hydrogen-bond donors (Lipinski definition) is 2. The maximum absolute atomic E-state index is 11.8. The van der Waals surface area contributed by atoms with Gasteiger partial charge in [0.1, 0.15) is 11.4 Å². The molecule has 1 aromatic heterocycles. The largest absolute Gasteiger partial charge is 0.444 e. The predicted molar refractivity (Wildman–Crippen MR) is 80.9 cm³/mol. The quantitative estimate of drug-likeness (QED) is 0.820. The van der Waals surface area contributed by atoms with Crippen molar-refractivity contribution in [2.75, 3.05) is 10.6 Å². The Hall–Kier alpha value is -2.55. The molecule has 0 radical (unpaired) electrons. The van der Waals surface area contributed by atoms with Crippen molar-refractivity contribution in [3.63, 3.8) is 0 Å². The average Bonchev–Trinajstić information content (AvgIpc) is 2.29. The monoisotopic (exact) mass is 289 g/mol. The number of carbonyl (C=O) groups is 2. The lowest BCUT2D eigenvalue weighted by Crippen LogP contribution is -2.27. The number of nitrogens with zero attached hydrogens (tertiary/aromatic N) is 1. The van der Waals surface area contributed by atoms with Crippen LogP contribution in [0.5, 0.6) is 0 Å². The molecular formula is C15H19N3O3. The van der Waals surface area contributed by atoms with E-state index >= 15 is 0 Å². The smallest absolute Gasteiger partial charge is 0.412 e. The third kappa shape index (κ3) is 5.95. The maximum Gasteiger partial charge on any atom is 0.412 e. The van der Waals surface area contributed by atoms with Gasteiger partial charge in [0, 0.05) is 19.2 Å². The molecule has 0 fully saturated rings. The zero-order chi connectivity index (χ0) is 16.0. The molecule has 0 saturated carbocycles. The lowest BCUT2D eigenvalue weighted by Gasteiger charge is -2.20. The molecular weight excluding hydrogens is 270 g/mol. The molecule has 1 heterocycles. The van der Waals surface area contributed by atoms with E-state index in [0.717, 1.165) is 0 Å². The van der Waals surface area contributed by atoms with E-state index in [-0.39, 0.29) is 5.91 Å². The van der Waals surface area contributed by atoms with Crippen LogP contribution in [0.3, 0.4) is 0 Å². The van der Waals surface area contributed by atoms with Gasteiger partial charge in [0.05, 0.1) is 11.3 Å². The normalized spacial score (nSPS) is 10.1. The van der Waals surface area contributed by atoms with Gasteiger partial charge in [-0.3, -0.25) is 10.1 Å².